The number of anilines is 1. The van der Waals surface area contributed by atoms with Crippen LogP contribution in [0.3, 0.4) is 0 Å². The zero-order chi connectivity index (χ0) is 15.5. The van der Waals surface area contributed by atoms with Gasteiger partial charge in [0, 0.05) is 13.1 Å². The lowest BCUT2D eigenvalue weighted by atomic mass is 10.3. The van der Waals surface area contributed by atoms with Gasteiger partial charge in [0.1, 0.15) is 6.07 Å². The molecule has 1 aromatic rings. The van der Waals surface area contributed by atoms with Gasteiger partial charge in [0.15, 0.2) is 16.5 Å². The lowest BCUT2D eigenvalue weighted by Crippen LogP contribution is -2.39. The third-order valence-electron chi connectivity index (χ3n) is 3.09. The lowest BCUT2D eigenvalue weighted by molar-refractivity contribution is 0.322. The molecule has 0 spiro atoms. The number of hydrogen-bond acceptors (Lipinski definition) is 8. The molecule has 116 valence electrons. The number of nitriles is 1. The molecule has 2 N–H and O–H groups in total. The van der Waals surface area contributed by atoms with Crippen LogP contribution in [-0.2, 0) is 0 Å². The van der Waals surface area contributed by atoms with Crippen molar-refractivity contribution in [1.29, 1.82) is 5.26 Å². The van der Waals surface area contributed by atoms with Gasteiger partial charge in [-0.15, -0.1) is 0 Å². The average molecular weight is 330 g/mol. The van der Waals surface area contributed by atoms with Crippen molar-refractivity contribution in [1.82, 2.24) is 9.97 Å². The second kappa shape index (κ2) is 6.70. The molecule has 21 heavy (non-hydrogen) atoms. The molecule has 0 atom stereocenters. The van der Waals surface area contributed by atoms with Crippen molar-refractivity contribution in [3.05, 3.63) is 5.56 Å². The Morgan fingerprint density at radius 2 is 2.05 bits per heavy atom. The van der Waals surface area contributed by atoms with Crippen molar-refractivity contribution in [2.24, 2.45) is 0 Å². The van der Waals surface area contributed by atoms with E-state index >= 15 is 0 Å². The van der Waals surface area contributed by atoms with Gasteiger partial charge in [-0.1, -0.05) is 11.8 Å². The number of rotatable bonds is 4. The average Bonchev–Trinajstić information content (AvgIpc) is 2.47. The Hall–Kier alpha value is -1.21. The molecule has 1 saturated heterocycles. The summed E-state index contributed by atoms with van der Waals surface area (Å²) in [6.45, 7) is 3.15. The highest BCUT2D eigenvalue weighted by Gasteiger charge is 2.27. The molecule has 1 aliphatic rings. The van der Waals surface area contributed by atoms with E-state index in [-0.39, 0.29) is 5.88 Å². The van der Waals surface area contributed by atoms with E-state index in [9.17, 15) is 14.4 Å². The Balaban J connectivity index is 2.38. The van der Waals surface area contributed by atoms with Crippen LogP contribution in [0.1, 0.15) is 12.5 Å². The fourth-order valence-corrected chi connectivity index (χ4v) is 3.59. The maximum absolute atomic E-state index is 9.69. The standard InChI is InChI=1S/C12H18N4O3S2/c1-3-19-11-9(8-13)10(14-12(15-11)20-2)16-4-6-21(17,18)7-5-16/h17-18H,3-7H2,1-2H3. The Bertz CT molecular complexity index is 552. The van der Waals surface area contributed by atoms with Crippen LogP contribution in [0.5, 0.6) is 5.88 Å². The summed E-state index contributed by atoms with van der Waals surface area (Å²) in [5.41, 5.74) is 0.299. The highest BCUT2D eigenvalue weighted by atomic mass is 32.3. The second-order valence-electron chi connectivity index (χ2n) is 4.46. The minimum atomic E-state index is -2.48. The molecule has 0 unspecified atom stereocenters. The molecule has 1 fully saturated rings. The van der Waals surface area contributed by atoms with Crippen LogP contribution >= 0.6 is 22.4 Å². The zero-order valence-corrected chi connectivity index (χ0v) is 13.6. The molecule has 0 radical (unpaired) electrons. The summed E-state index contributed by atoms with van der Waals surface area (Å²) in [5, 5.41) is 9.92. The van der Waals surface area contributed by atoms with E-state index in [1.807, 2.05) is 18.1 Å². The number of nitrogens with zero attached hydrogens (tertiary/aromatic N) is 4. The topological polar surface area (TPSA) is 102 Å². The van der Waals surface area contributed by atoms with Crippen LogP contribution in [0.2, 0.25) is 0 Å². The van der Waals surface area contributed by atoms with Gasteiger partial charge >= 0.3 is 0 Å². The third-order valence-corrected chi connectivity index (χ3v) is 5.31. The summed E-state index contributed by atoms with van der Waals surface area (Å²) in [7, 11) is -2.48. The monoisotopic (exact) mass is 330 g/mol. The molecule has 9 heteroatoms. The van der Waals surface area contributed by atoms with Crippen LogP contribution in [-0.4, -0.2) is 56.5 Å². The summed E-state index contributed by atoms with van der Waals surface area (Å²) in [6, 6.07) is 2.10. The fraction of sp³-hybridized carbons (Fsp3) is 0.583. The van der Waals surface area contributed by atoms with Gasteiger partial charge in [0.05, 0.1) is 18.1 Å². The first kappa shape index (κ1) is 16.2. The smallest absolute Gasteiger partial charge is 0.238 e. The molecule has 2 rings (SSSR count). The Morgan fingerprint density at radius 1 is 1.38 bits per heavy atom. The second-order valence-corrected chi connectivity index (χ2v) is 7.65. The molecule has 0 aromatic carbocycles. The Labute approximate surface area is 129 Å². The molecule has 0 bridgehead atoms. The summed E-state index contributed by atoms with van der Waals surface area (Å²) < 4.78 is 24.8. The number of aromatic nitrogens is 2. The SMILES string of the molecule is CCOc1nc(SC)nc(N2CCS(O)(O)CC2)c1C#N. The first-order valence-corrected chi connectivity index (χ1v) is 9.59. The number of thioether (sulfide) groups is 1. The highest BCUT2D eigenvalue weighted by molar-refractivity contribution is 8.24. The number of ether oxygens (including phenoxy) is 1. The van der Waals surface area contributed by atoms with E-state index in [2.05, 4.69) is 16.0 Å². The van der Waals surface area contributed by atoms with Crippen LogP contribution in [0.25, 0.3) is 0 Å². The summed E-state index contributed by atoms with van der Waals surface area (Å²) in [6.07, 6.45) is 1.85. The van der Waals surface area contributed by atoms with Crippen molar-refractivity contribution in [2.75, 3.05) is 42.4 Å². The van der Waals surface area contributed by atoms with Gasteiger partial charge in [-0.05, 0) is 13.2 Å². The predicted molar refractivity (Wildman–Crippen MR) is 84.5 cm³/mol. The molecule has 7 nitrogen and oxygen atoms in total. The van der Waals surface area contributed by atoms with Crippen molar-refractivity contribution in [3.8, 4) is 11.9 Å². The quantitative estimate of drug-likeness (QED) is 0.638. The Morgan fingerprint density at radius 3 is 2.57 bits per heavy atom. The van der Waals surface area contributed by atoms with Gasteiger partial charge in [-0.3, -0.25) is 9.11 Å². The molecule has 0 aliphatic carbocycles. The molecule has 1 aliphatic heterocycles. The maximum atomic E-state index is 9.69. The molecular weight excluding hydrogens is 312 g/mol. The fourth-order valence-electron chi connectivity index (χ4n) is 2.01. The summed E-state index contributed by atoms with van der Waals surface area (Å²) in [4.78, 5) is 10.5. The van der Waals surface area contributed by atoms with E-state index in [0.717, 1.165) is 0 Å². The molecule has 0 amide bonds. The van der Waals surface area contributed by atoms with Gasteiger partial charge in [0.25, 0.3) is 0 Å². The molecule has 2 heterocycles. The zero-order valence-electron chi connectivity index (χ0n) is 11.9. The first-order chi connectivity index (χ1) is 10.0. The van der Waals surface area contributed by atoms with Crippen LogP contribution < -0.4 is 9.64 Å². The van der Waals surface area contributed by atoms with Crippen LogP contribution in [0.15, 0.2) is 5.16 Å². The van der Waals surface area contributed by atoms with Crippen molar-refractivity contribution >= 4 is 28.2 Å². The highest BCUT2D eigenvalue weighted by Crippen LogP contribution is 2.42. The summed E-state index contributed by atoms with van der Waals surface area (Å²) in [5.74, 6) is 1.38. The molecular formula is C12H18N4O3S2. The molecule has 0 saturated carbocycles. The minimum absolute atomic E-state index is 0.284. The van der Waals surface area contributed by atoms with Crippen molar-refractivity contribution in [3.63, 3.8) is 0 Å². The summed E-state index contributed by atoms with van der Waals surface area (Å²) >= 11 is 1.37. The van der Waals surface area contributed by atoms with E-state index in [4.69, 9.17) is 4.74 Å². The van der Waals surface area contributed by atoms with Crippen molar-refractivity contribution in [2.45, 2.75) is 12.1 Å². The number of hydrogen-bond donors (Lipinski definition) is 2. The third kappa shape index (κ3) is 3.71. The minimum Gasteiger partial charge on any atom is -0.477 e. The van der Waals surface area contributed by atoms with Crippen LogP contribution in [0.4, 0.5) is 5.82 Å². The van der Waals surface area contributed by atoms with Gasteiger partial charge in [0.2, 0.25) is 5.88 Å². The van der Waals surface area contributed by atoms with Gasteiger partial charge in [-0.25, -0.2) is 4.98 Å². The maximum Gasteiger partial charge on any atom is 0.238 e. The molecule has 1 aromatic heterocycles. The van der Waals surface area contributed by atoms with Gasteiger partial charge < -0.3 is 9.64 Å². The van der Waals surface area contributed by atoms with E-state index in [1.165, 1.54) is 11.8 Å². The van der Waals surface area contributed by atoms with Gasteiger partial charge in [-0.2, -0.15) is 20.8 Å². The van der Waals surface area contributed by atoms with Crippen LogP contribution in [0, 0.1) is 11.3 Å². The largest absolute Gasteiger partial charge is 0.477 e. The normalized spacial score (nSPS) is 18.9. The van der Waals surface area contributed by atoms with E-state index in [0.29, 0.717) is 47.7 Å². The Kier molecular flexibility index (Phi) is 5.16. The lowest BCUT2D eigenvalue weighted by Gasteiger charge is -2.41. The first-order valence-electron chi connectivity index (χ1n) is 6.48. The van der Waals surface area contributed by atoms with Crippen molar-refractivity contribution < 1.29 is 13.8 Å². The van der Waals surface area contributed by atoms with E-state index < -0.39 is 10.6 Å². The predicted octanol–water partition coefficient (Wildman–Crippen LogP) is 2.04. The van der Waals surface area contributed by atoms with E-state index in [1.54, 1.807) is 0 Å².